The highest BCUT2D eigenvalue weighted by Gasteiger charge is 2.21. The molecule has 0 heterocycles. The zero-order valence-electron chi connectivity index (χ0n) is 11.1. The molecule has 0 amide bonds. The molecule has 0 aliphatic carbocycles. The third-order valence-electron chi connectivity index (χ3n) is 2.95. The van der Waals surface area contributed by atoms with Crippen LogP contribution in [0.15, 0.2) is 29.2 Å². The Kier molecular flexibility index (Phi) is 5.31. The molecule has 5 heteroatoms. The van der Waals surface area contributed by atoms with E-state index in [9.17, 15) is 8.42 Å². The molecule has 1 unspecified atom stereocenters. The van der Waals surface area contributed by atoms with E-state index in [4.69, 9.17) is 5.11 Å². The maximum atomic E-state index is 12.1. The average molecular weight is 271 g/mol. The summed E-state index contributed by atoms with van der Waals surface area (Å²) in [6.07, 6.45) is 0.874. The molecule has 1 aromatic carbocycles. The fraction of sp³-hybridized carbons (Fsp3) is 0.538. The van der Waals surface area contributed by atoms with E-state index in [1.165, 1.54) is 0 Å². The molecule has 0 saturated heterocycles. The Bertz CT molecular complexity index is 466. The SMILES string of the molecule is CCc1ccc(S(=O)(=O)NC(CO)C(C)C)cc1. The molecular formula is C13H21NO3S. The molecule has 102 valence electrons. The minimum absolute atomic E-state index is 0.0414. The standard InChI is InChI=1S/C13H21NO3S/c1-4-11-5-7-12(8-6-11)18(16,17)14-13(9-15)10(2)3/h5-8,10,13-15H,4,9H2,1-3H3. The predicted molar refractivity (Wildman–Crippen MR) is 71.9 cm³/mol. The summed E-state index contributed by atoms with van der Waals surface area (Å²) < 4.78 is 26.7. The van der Waals surface area contributed by atoms with Crippen molar-refractivity contribution >= 4 is 10.0 Å². The van der Waals surface area contributed by atoms with Gasteiger partial charge in [0.05, 0.1) is 11.5 Å². The lowest BCUT2D eigenvalue weighted by Crippen LogP contribution is -2.41. The first-order valence-electron chi connectivity index (χ1n) is 6.12. The predicted octanol–water partition coefficient (Wildman–Crippen LogP) is 1.54. The van der Waals surface area contributed by atoms with E-state index >= 15 is 0 Å². The average Bonchev–Trinajstić information content (AvgIpc) is 2.35. The van der Waals surface area contributed by atoms with Crippen LogP contribution in [-0.4, -0.2) is 26.2 Å². The van der Waals surface area contributed by atoms with E-state index in [1.54, 1.807) is 24.3 Å². The van der Waals surface area contributed by atoms with Gasteiger partial charge in [0.1, 0.15) is 0 Å². The van der Waals surface area contributed by atoms with Gasteiger partial charge in [0.15, 0.2) is 0 Å². The van der Waals surface area contributed by atoms with Crippen molar-refractivity contribution in [2.75, 3.05) is 6.61 Å². The minimum atomic E-state index is -3.55. The third kappa shape index (κ3) is 3.80. The first-order chi connectivity index (χ1) is 8.40. The molecule has 0 aliphatic heterocycles. The number of hydrogen-bond acceptors (Lipinski definition) is 3. The molecule has 1 atom stereocenters. The molecule has 0 radical (unpaired) electrons. The van der Waals surface area contributed by atoms with Gasteiger partial charge in [0.25, 0.3) is 0 Å². The third-order valence-corrected chi connectivity index (χ3v) is 4.46. The van der Waals surface area contributed by atoms with E-state index in [2.05, 4.69) is 4.72 Å². The van der Waals surface area contributed by atoms with Gasteiger partial charge in [-0.25, -0.2) is 13.1 Å². The van der Waals surface area contributed by atoms with E-state index in [-0.39, 0.29) is 17.4 Å². The van der Waals surface area contributed by atoms with Gasteiger partial charge in [-0.3, -0.25) is 0 Å². The minimum Gasteiger partial charge on any atom is -0.395 e. The van der Waals surface area contributed by atoms with Gasteiger partial charge in [0, 0.05) is 6.04 Å². The van der Waals surface area contributed by atoms with Crippen LogP contribution in [0.1, 0.15) is 26.3 Å². The van der Waals surface area contributed by atoms with Crippen molar-refractivity contribution in [3.05, 3.63) is 29.8 Å². The van der Waals surface area contributed by atoms with Crippen molar-refractivity contribution in [3.63, 3.8) is 0 Å². The Hall–Kier alpha value is -0.910. The molecule has 1 rings (SSSR count). The largest absolute Gasteiger partial charge is 0.395 e. The van der Waals surface area contributed by atoms with Gasteiger partial charge in [-0.1, -0.05) is 32.9 Å². The number of aliphatic hydroxyl groups is 1. The second-order valence-corrected chi connectivity index (χ2v) is 6.37. The topological polar surface area (TPSA) is 66.4 Å². The van der Waals surface area contributed by atoms with Crippen molar-refractivity contribution in [3.8, 4) is 0 Å². The summed E-state index contributed by atoms with van der Waals surface area (Å²) in [5.41, 5.74) is 1.09. The summed E-state index contributed by atoms with van der Waals surface area (Å²) in [5.74, 6) is 0.0414. The molecule has 2 N–H and O–H groups in total. The van der Waals surface area contributed by atoms with Crippen molar-refractivity contribution < 1.29 is 13.5 Å². The zero-order valence-corrected chi connectivity index (χ0v) is 11.9. The number of benzene rings is 1. The fourth-order valence-corrected chi connectivity index (χ4v) is 2.93. The quantitative estimate of drug-likeness (QED) is 0.825. The Labute approximate surface area is 109 Å². The van der Waals surface area contributed by atoms with Gasteiger partial charge >= 0.3 is 0 Å². The number of hydrogen-bond donors (Lipinski definition) is 2. The molecule has 0 fully saturated rings. The number of aliphatic hydroxyl groups excluding tert-OH is 1. The molecule has 0 bridgehead atoms. The molecule has 0 saturated carbocycles. The van der Waals surface area contributed by atoms with Gasteiger partial charge in [0.2, 0.25) is 10.0 Å². The second kappa shape index (κ2) is 6.31. The molecule has 4 nitrogen and oxygen atoms in total. The Morgan fingerprint density at radius 2 is 1.78 bits per heavy atom. The summed E-state index contributed by atoms with van der Waals surface area (Å²) in [4.78, 5) is 0.235. The molecule has 18 heavy (non-hydrogen) atoms. The number of aryl methyl sites for hydroxylation is 1. The lowest BCUT2D eigenvalue weighted by Gasteiger charge is -2.19. The maximum absolute atomic E-state index is 12.1. The van der Waals surface area contributed by atoms with E-state index in [1.807, 2.05) is 20.8 Å². The highest BCUT2D eigenvalue weighted by molar-refractivity contribution is 7.89. The normalized spacial score (nSPS) is 13.8. The van der Waals surface area contributed by atoms with Crippen molar-refractivity contribution in [2.24, 2.45) is 5.92 Å². The molecular weight excluding hydrogens is 250 g/mol. The fourth-order valence-electron chi connectivity index (χ4n) is 1.56. The van der Waals surface area contributed by atoms with Crippen LogP contribution >= 0.6 is 0 Å². The van der Waals surface area contributed by atoms with Gasteiger partial charge in [-0.15, -0.1) is 0 Å². The lowest BCUT2D eigenvalue weighted by molar-refractivity contribution is 0.227. The molecule has 0 aromatic heterocycles. The van der Waals surface area contributed by atoms with E-state index in [0.29, 0.717) is 0 Å². The molecule has 1 aromatic rings. The van der Waals surface area contributed by atoms with Gasteiger partial charge in [-0.2, -0.15) is 0 Å². The van der Waals surface area contributed by atoms with Crippen LogP contribution in [0, 0.1) is 5.92 Å². The van der Waals surface area contributed by atoms with E-state index < -0.39 is 16.1 Å². The Balaban J connectivity index is 2.91. The Morgan fingerprint density at radius 3 is 2.17 bits per heavy atom. The number of nitrogens with one attached hydrogen (secondary N) is 1. The summed E-state index contributed by atoms with van der Waals surface area (Å²) in [6.45, 7) is 5.54. The van der Waals surface area contributed by atoms with Crippen LogP contribution < -0.4 is 4.72 Å². The summed E-state index contributed by atoms with van der Waals surface area (Å²) in [7, 11) is -3.55. The summed E-state index contributed by atoms with van der Waals surface area (Å²) in [5, 5.41) is 9.16. The number of rotatable bonds is 6. The first-order valence-corrected chi connectivity index (χ1v) is 7.61. The van der Waals surface area contributed by atoms with Crippen LogP contribution in [0.3, 0.4) is 0 Å². The summed E-state index contributed by atoms with van der Waals surface area (Å²) in [6, 6.07) is 6.34. The first kappa shape index (κ1) is 15.1. The van der Waals surface area contributed by atoms with Crippen LogP contribution in [-0.2, 0) is 16.4 Å². The molecule has 0 spiro atoms. The molecule has 0 aliphatic rings. The summed E-state index contributed by atoms with van der Waals surface area (Å²) >= 11 is 0. The van der Waals surface area contributed by atoms with Gasteiger partial charge in [-0.05, 0) is 30.0 Å². The van der Waals surface area contributed by atoms with Crippen LogP contribution in [0.25, 0.3) is 0 Å². The number of sulfonamides is 1. The van der Waals surface area contributed by atoms with Crippen LogP contribution in [0.5, 0.6) is 0 Å². The highest BCUT2D eigenvalue weighted by atomic mass is 32.2. The smallest absolute Gasteiger partial charge is 0.240 e. The highest BCUT2D eigenvalue weighted by Crippen LogP contribution is 2.13. The monoisotopic (exact) mass is 271 g/mol. The maximum Gasteiger partial charge on any atom is 0.240 e. The lowest BCUT2D eigenvalue weighted by atomic mass is 10.1. The van der Waals surface area contributed by atoms with Crippen LogP contribution in [0.2, 0.25) is 0 Å². The second-order valence-electron chi connectivity index (χ2n) is 4.65. The Morgan fingerprint density at radius 1 is 1.22 bits per heavy atom. The zero-order chi connectivity index (χ0) is 13.8. The van der Waals surface area contributed by atoms with Crippen LogP contribution in [0.4, 0.5) is 0 Å². The van der Waals surface area contributed by atoms with Crippen molar-refractivity contribution in [1.29, 1.82) is 0 Å². The van der Waals surface area contributed by atoms with Gasteiger partial charge < -0.3 is 5.11 Å². The van der Waals surface area contributed by atoms with Crippen molar-refractivity contribution in [2.45, 2.75) is 38.1 Å². The van der Waals surface area contributed by atoms with Crippen molar-refractivity contribution in [1.82, 2.24) is 4.72 Å². The van der Waals surface area contributed by atoms with E-state index in [0.717, 1.165) is 12.0 Å².